The van der Waals surface area contributed by atoms with Crippen LogP contribution in [0.25, 0.3) is 0 Å². The lowest BCUT2D eigenvalue weighted by atomic mass is 9.87. The molecule has 0 bridgehead atoms. The Morgan fingerprint density at radius 1 is 1.07 bits per heavy atom. The summed E-state index contributed by atoms with van der Waals surface area (Å²) in [6.45, 7) is 1.74. The fourth-order valence-electron chi connectivity index (χ4n) is 1.74. The Hall–Kier alpha value is -1.90. The quantitative estimate of drug-likeness (QED) is 0.760. The number of carbonyl (C=O) groups excluding carboxylic acids is 2. The van der Waals surface area contributed by atoms with E-state index in [1.807, 2.05) is 0 Å². The number of benzene rings is 1. The van der Waals surface area contributed by atoms with Crippen molar-refractivity contribution in [2.75, 3.05) is 0 Å². The zero-order valence-electron chi connectivity index (χ0n) is 8.28. The molecule has 1 N–H and O–H groups in total. The number of hydrogen-bond donors (Lipinski definition) is 1. The van der Waals surface area contributed by atoms with E-state index in [1.54, 1.807) is 31.2 Å². The van der Waals surface area contributed by atoms with Gasteiger partial charge in [-0.3, -0.25) is 9.59 Å². The molecule has 1 aromatic rings. The first-order chi connectivity index (χ1) is 7.16. The lowest BCUT2D eigenvalue weighted by molar-refractivity contribution is 0.0927. The van der Waals surface area contributed by atoms with Gasteiger partial charge in [0.15, 0.2) is 11.5 Å². The molecule has 76 valence electrons. The molecular formula is C12H10O3. The Labute approximate surface area is 87.0 Å². The minimum Gasteiger partial charge on any atom is -0.504 e. The molecule has 0 unspecified atom stereocenters. The summed E-state index contributed by atoms with van der Waals surface area (Å²) < 4.78 is 0. The molecule has 0 heterocycles. The number of rotatable bonds is 1. The van der Waals surface area contributed by atoms with Crippen LogP contribution >= 0.6 is 0 Å². The van der Waals surface area contributed by atoms with E-state index >= 15 is 0 Å². The van der Waals surface area contributed by atoms with Crippen molar-refractivity contribution in [1.82, 2.24) is 0 Å². The second-order valence-electron chi connectivity index (χ2n) is 3.38. The first-order valence-corrected chi connectivity index (χ1v) is 4.77. The normalized spacial score (nSPS) is 15.5. The molecular weight excluding hydrogens is 192 g/mol. The molecule has 0 radical (unpaired) electrons. The lowest BCUT2D eigenvalue weighted by Gasteiger charge is -2.16. The van der Waals surface area contributed by atoms with Crippen molar-refractivity contribution in [3.05, 3.63) is 46.7 Å². The molecule has 3 nitrogen and oxygen atoms in total. The van der Waals surface area contributed by atoms with Gasteiger partial charge in [0.05, 0.1) is 0 Å². The van der Waals surface area contributed by atoms with Crippen LogP contribution in [0.4, 0.5) is 0 Å². The summed E-state index contributed by atoms with van der Waals surface area (Å²) in [6.07, 6.45) is 0.366. The first kappa shape index (κ1) is 9.65. The Bertz CT molecular complexity index is 483. The van der Waals surface area contributed by atoms with Gasteiger partial charge < -0.3 is 5.11 Å². The number of aliphatic hydroxyl groups is 1. The van der Waals surface area contributed by atoms with E-state index in [2.05, 4.69) is 0 Å². The maximum absolute atomic E-state index is 11.8. The number of Topliss-reactive ketones (excluding diaryl/α,β-unsaturated/α-hetero) is 2. The molecule has 0 saturated heterocycles. The molecule has 0 saturated carbocycles. The van der Waals surface area contributed by atoms with Gasteiger partial charge in [0, 0.05) is 16.7 Å². The Balaban J connectivity index is 2.68. The molecule has 0 aliphatic heterocycles. The van der Waals surface area contributed by atoms with Crippen LogP contribution < -0.4 is 0 Å². The third kappa shape index (κ3) is 1.28. The summed E-state index contributed by atoms with van der Waals surface area (Å²) in [5, 5.41) is 9.56. The Kier molecular flexibility index (Phi) is 2.15. The van der Waals surface area contributed by atoms with E-state index < -0.39 is 11.5 Å². The lowest BCUT2D eigenvalue weighted by Crippen LogP contribution is -2.21. The molecule has 1 aromatic carbocycles. The third-order valence-corrected chi connectivity index (χ3v) is 2.54. The van der Waals surface area contributed by atoms with Crippen LogP contribution in [0.15, 0.2) is 35.6 Å². The SMILES string of the molecule is CCC1=C(O)C(=O)c2ccccc2C1=O. The number of ketones is 2. The summed E-state index contributed by atoms with van der Waals surface area (Å²) in [4.78, 5) is 23.5. The average Bonchev–Trinajstić information content (AvgIpc) is 2.27. The van der Waals surface area contributed by atoms with Crippen molar-refractivity contribution in [3.8, 4) is 0 Å². The standard InChI is InChI=1S/C12H10O3/c1-2-7-10(13)8-5-3-4-6-9(8)12(15)11(7)14/h3-6,14H,2H2,1H3. The van der Waals surface area contributed by atoms with Gasteiger partial charge in [-0.25, -0.2) is 0 Å². The fourth-order valence-corrected chi connectivity index (χ4v) is 1.74. The number of allylic oxidation sites excluding steroid dienone is 2. The minimum atomic E-state index is -0.456. The molecule has 3 heteroatoms. The summed E-state index contributed by atoms with van der Waals surface area (Å²) in [6, 6.07) is 6.55. The highest BCUT2D eigenvalue weighted by Crippen LogP contribution is 2.26. The van der Waals surface area contributed by atoms with Crippen LogP contribution in [0, 0.1) is 0 Å². The molecule has 0 atom stereocenters. The maximum atomic E-state index is 11.8. The van der Waals surface area contributed by atoms with E-state index in [0.29, 0.717) is 12.0 Å². The second-order valence-corrected chi connectivity index (χ2v) is 3.38. The number of fused-ring (bicyclic) bond motifs is 1. The van der Waals surface area contributed by atoms with Gasteiger partial charge in [-0.05, 0) is 6.42 Å². The van der Waals surface area contributed by atoms with E-state index in [1.165, 1.54) is 0 Å². The minimum absolute atomic E-state index is 0.207. The summed E-state index contributed by atoms with van der Waals surface area (Å²) in [7, 11) is 0. The van der Waals surface area contributed by atoms with Crippen molar-refractivity contribution in [2.45, 2.75) is 13.3 Å². The largest absolute Gasteiger partial charge is 0.504 e. The fraction of sp³-hybridized carbons (Fsp3) is 0.167. The highest BCUT2D eigenvalue weighted by atomic mass is 16.3. The highest BCUT2D eigenvalue weighted by Gasteiger charge is 2.30. The predicted molar refractivity (Wildman–Crippen MR) is 55.0 cm³/mol. The van der Waals surface area contributed by atoms with E-state index in [9.17, 15) is 14.7 Å². The number of aliphatic hydroxyl groups excluding tert-OH is 1. The summed E-state index contributed by atoms with van der Waals surface area (Å²) in [5.41, 5.74) is 0.882. The van der Waals surface area contributed by atoms with Gasteiger partial charge in [0.2, 0.25) is 5.78 Å². The molecule has 0 fully saturated rings. The molecule has 1 aliphatic carbocycles. The van der Waals surface area contributed by atoms with Crippen LogP contribution in [0.5, 0.6) is 0 Å². The zero-order chi connectivity index (χ0) is 11.0. The van der Waals surface area contributed by atoms with Gasteiger partial charge in [-0.1, -0.05) is 31.2 Å². The van der Waals surface area contributed by atoms with Crippen molar-refractivity contribution in [1.29, 1.82) is 0 Å². The van der Waals surface area contributed by atoms with Gasteiger partial charge >= 0.3 is 0 Å². The topological polar surface area (TPSA) is 54.4 Å². The van der Waals surface area contributed by atoms with Crippen molar-refractivity contribution in [2.24, 2.45) is 0 Å². The van der Waals surface area contributed by atoms with Gasteiger partial charge in [-0.2, -0.15) is 0 Å². The van der Waals surface area contributed by atoms with Crippen LogP contribution in [0.2, 0.25) is 0 Å². The summed E-state index contributed by atoms with van der Waals surface area (Å²) >= 11 is 0. The van der Waals surface area contributed by atoms with Crippen molar-refractivity contribution in [3.63, 3.8) is 0 Å². The summed E-state index contributed by atoms with van der Waals surface area (Å²) in [5.74, 6) is -1.10. The van der Waals surface area contributed by atoms with E-state index in [4.69, 9.17) is 0 Å². The predicted octanol–water partition coefficient (Wildman–Crippen LogP) is 2.29. The number of carbonyl (C=O) groups is 2. The van der Waals surface area contributed by atoms with Crippen LogP contribution in [-0.2, 0) is 0 Å². The van der Waals surface area contributed by atoms with Crippen molar-refractivity contribution < 1.29 is 14.7 Å². The first-order valence-electron chi connectivity index (χ1n) is 4.77. The molecule has 0 spiro atoms. The molecule has 15 heavy (non-hydrogen) atoms. The van der Waals surface area contributed by atoms with Gasteiger partial charge in [0.25, 0.3) is 0 Å². The van der Waals surface area contributed by atoms with E-state index in [-0.39, 0.29) is 16.9 Å². The maximum Gasteiger partial charge on any atom is 0.228 e. The van der Waals surface area contributed by atoms with Crippen LogP contribution in [-0.4, -0.2) is 16.7 Å². The van der Waals surface area contributed by atoms with Crippen LogP contribution in [0.3, 0.4) is 0 Å². The van der Waals surface area contributed by atoms with Crippen LogP contribution in [0.1, 0.15) is 34.1 Å². The monoisotopic (exact) mass is 202 g/mol. The van der Waals surface area contributed by atoms with Crippen molar-refractivity contribution >= 4 is 11.6 Å². The smallest absolute Gasteiger partial charge is 0.228 e. The zero-order valence-corrected chi connectivity index (χ0v) is 8.28. The Morgan fingerprint density at radius 2 is 1.60 bits per heavy atom. The molecule has 1 aliphatic rings. The molecule has 2 rings (SSSR count). The second kappa shape index (κ2) is 3.35. The van der Waals surface area contributed by atoms with Gasteiger partial charge in [0.1, 0.15) is 0 Å². The third-order valence-electron chi connectivity index (χ3n) is 2.54. The van der Waals surface area contributed by atoms with Gasteiger partial charge in [-0.15, -0.1) is 0 Å². The average molecular weight is 202 g/mol. The van der Waals surface area contributed by atoms with E-state index in [0.717, 1.165) is 0 Å². The Morgan fingerprint density at radius 3 is 2.13 bits per heavy atom. The molecule has 0 amide bonds. The number of hydrogen-bond acceptors (Lipinski definition) is 3. The highest BCUT2D eigenvalue weighted by molar-refractivity contribution is 6.25. The molecule has 0 aromatic heterocycles.